The van der Waals surface area contributed by atoms with Crippen molar-refractivity contribution in [2.75, 3.05) is 14.2 Å². The summed E-state index contributed by atoms with van der Waals surface area (Å²) in [5, 5.41) is 1.06. The summed E-state index contributed by atoms with van der Waals surface area (Å²) in [7, 11) is 2.68. The number of aromatic nitrogens is 2. The van der Waals surface area contributed by atoms with Crippen molar-refractivity contribution < 1.29 is 19.1 Å². The fourth-order valence-electron chi connectivity index (χ4n) is 4.21. The van der Waals surface area contributed by atoms with Crippen molar-refractivity contribution in [1.82, 2.24) is 7.12 Å². The van der Waals surface area contributed by atoms with Gasteiger partial charge in [0.05, 0.1) is 0 Å². The molecular formula is C28H32N2O6Se2. The standard InChI is InChI=1S/C28H32N2O6Se2/c1-27(2,3)15-11-17-21(19(13-15)25(33)35-7)37-29(23(17)31)9-10-30-24(32)18-12-16(28(4,5)6)14-20(22(18)38-30)26(34)36-8/h11-14H,9-10H2,1-8H3. The predicted octanol–water partition coefficient (Wildman–Crippen LogP) is 3.30. The number of rotatable bonds is 5. The Balaban J connectivity index is 1.79. The Hall–Kier alpha value is -2.64. The number of carbonyl (C=O) groups is 2. The molecule has 0 saturated heterocycles. The Kier molecular flexibility index (Phi) is 7.58. The van der Waals surface area contributed by atoms with Gasteiger partial charge in [0.1, 0.15) is 0 Å². The Morgan fingerprint density at radius 2 is 1.03 bits per heavy atom. The van der Waals surface area contributed by atoms with Crippen molar-refractivity contribution in [2.45, 2.75) is 65.5 Å². The third-order valence-electron chi connectivity index (χ3n) is 6.54. The molecule has 0 radical (unpaired) electrons. The van der Waals surface area contributed by atoms with Gasteiger partial charge in [-0.15, -0.1) is 0 Å². The Morgan fingerprint density at radius 3 is 1.32 bits per heavy atom. The number of carbonyl (C=O) groups excluding carboxylic acids is 2. The molecule has 0 aliphatic rings. The summed E-state index contributed by atoms with van der Waals surface area (Å²) in [6.07, 6.45) is 0. The number of benzene rings is 2. The van der Waals surface area contributed by atoms with E-state index in [-0.39, 0.29) is 21.9 Å². The van der Waals surface area contributed by atoms with E-state index in [1.807, 2.05) is 65.8 Å². The summed E-state index contributed by atoms with van der Waals surface area (Å²) in [4.78, 5) is 52.0. The zero-order valence-electron chi connectivity index (χ0n) is 22.9. The molecule has 0 bridgehead atoms. The van der Waals surface area contributed by atoms with Crippen molar-refractivity contribution >= 4 is 60.7 Å². The molecule has 0 aliphatic carbocycles. The normalized spacial score (nSPS) is 12.3. The zero-order valence-corrected chi connectivity index (χ0v) is 26.3. The van der Waals surface area contributed by atoms with E-state index in [0.717, 1.165) is 11.1 Å². The third-order valence-corrected chi connectivity index (χ3v) is 11.5. The van der Waals surface area contributed by atoms with Crippen molar-refractivity contribution in [2.24, 2.45) is 0 Å². The van der Waals surface area contributed by atoms with Gasteiger partial charge >= 0.3 is 234 Å². The van der Waals surface area contributed by atoms with E-state index in [0.29, 0.717) is 43.5 Å². The van der Waals surface area contributed by atoms with Crippen molar-refractivity contribution in [3.8, 4) is 0 Å². The van der Waals surface area contributed by atoms with Crippen LogP contribution in [-0.4, -0.2) is 62.7 Å². The van der Waals surface area contributed by atoms with Gasteiger partial charge in [0.25, 0.3) is 0 Å². The van der Waals surface area contributed by atoms with Crippen molar-refractivity contribution in [3.05, 3.63) is 67.2 Å². The average Bonchev–Trinajstić information content (AvgIpc) is 3.35. The molecule has 10 heteroatoms. The maximum absolute atomic E-state index is 13.4. The van der Waals surface area contributed by atoms with Crippen LogP contribution in [0.2, 0.25) is 0 Å². The molecule has 0 unspecified atom stereocenters. The summed E-state index contributed by atoms with van der Waals surface area (Å²) in [5.41, 5.74) is 1.85. The Labute approximate surface area is 233 Å². The van der Waals surface area contributed by atoms with Crippen molar-refractivity contribution in [3.63, 3.8) is 0 Å². The van der Waals surface area contributed by atoms with E-state index in [1.54, 1.807) is 7.12 Å². The van der Waals surface area contributed by atoms with Crippen LogP contribution >= 0.6 is 0 Å². The SMILES string of the molecule is COC(=O)c1cc(C(C)(C)C)cc2c(=O)n(CCn3[se]c4c(C(=O)OC)cc(C(C)(C)C)cc4c3=O)[se]c12. The van der Waals surface area contributed by atoms with Crippen LogP contribution in [0.15, 0.2) is 33.9 Å². The van der Waals surface area contributed by atoms with Crippen LogP contribution in [0.1, 0.15) is 73.4 Å². The monoisotopic (exact) mass is 652 g/mol. The van der Waals surface area contributed by atoms with Gasteiger partial charge in [-0.3, -0.25) is 0 Å². The first-order valence-electron chi connectivity index (χ1n) is 12.2. The quantitative estimate of drug-likeness (QED) is 0.243. The molecule has 0 aliphatic heterocycles. The summed E-state index contributed by atoms with van der Waals surface area (Å²) >= 11 is -0.850. The second-order valence-electron chi connectivity index (χ2n) is 11.3. The van der Waals surface area contributed by atoms with E-state index in [2.05, 4.69) is 0 Å². The van der Waals surface area contributed by atoms with Crippen LogP contribution in [0.3, 0.4) is 0 Å². The fourth-order valence-corrected chi connectivity index (χ4v) is 8.66. The van der Waals surface area contributed by atoms with Crippen LogP contribution in [-0.2, 0) is 33.4 Å². The molecule has 0 fully saturated rings. The average molecular weight is 650 g/mol. The van der Waals surface area contributed by atoms with Crippen LogP contribution in [0.25, 0.3) is 19.3 Å². The molecule has 4 rings (SSSR count). The molecule has 0 amide bonds. The van der Waals surface area contributed by atoms with Crippen LogP contribution < -0.4 is 11.1 Å². The zero-order chi connectivity index (χ0) is 28.2. The molecule has 0 saturated carbocycles. The number of esters is 2. The van der Waals surface area contributed by atoms with Gasteiger partial charge in [0.15, 0.2) is 0 Å². The molecule has 38 heavy (non-hydrogen) atoms. The van der Waals surface area contributed by atoms with Gasteiger partial charge in [-0.1, -0.05) is 0 Å². The van der Waals surface area contributed by atoms with Gasteiger partial charge < -0.3 is 0 Å². The molecule has 0 atom stereocenters. The number of nitrogens with zero attached hydrogens (tertiary/aromatic N) is 2. The number of fused-ring (bicyclic) bond motifs is 2. The molecule has 4 aromatic rings. The van der Waals surface area contributed by atoms with E-state index in [1.165, 1.54) is 14.2 Å². The number of hydrogen-bond donors (Lipinski definition) is 0. The predicted molar refractivity (Wildman–Crippen MR) is 150 cm³/mol. The summed E-state index contributed by atoms with van der Waals surface area (Å²) in [6, 6.07) is 7.41. The first-order chi connectivity index (χ1) is 17.7. The molecular weight excluding hydrogens is 618 g/mol. The molecule has 2 heterocycles. The Bertz CT molecular complexity index is 1560. The summed E-state index contributed by atoms with van der Waals surface area (Å²) < 4.78 is 14.9. The second kappa shape index (κ2) is 10.2. The van der Waals surface area contributed by atoms with Gasteiger partial charge in [-0.05, 0) is 0 Å². The molecule has 202 valence electrons. The molecule has 2 aromatic carbocycles. The topological polar surface area (TPSA) is 96.6 Å². The van der Waals surface area contributed by atoms with Crippen LogP contribution in [0.4, 0.5) is 0 Å². The number of ether oxygens (including phenoxy) is 2. The minimum absolute atomic E-state index is 0.141. The van der Waals surface area contributed by atoms with Gasteiger partial charge in [0.2, 0.25) is 0 Å². The van der Waals surface area contributed by atoms with E-state index >= 15 is 0 Å². The number of aryl methyl sites for hydroxylation is 2. The van der Waals surface area contributed by atoms with E-state index < -0.39 is 41.4 Å². The first kappa shape index (κ1) is 28.4. The molecule has 2 aromatic heterocycles. The van der Waals surface area contributed by atoms with Crippen molar-refractivity contribution in [1.29, 1.82) is 0 Å². The molecule has 8 nitrogen and oxygen atoms in total. The van der Waals surface area contributed by atoms with E-state index in [9.17, 15) is 19.2 Å². The van der Waals surface area contributed by atoms with Crippen LogP contribution in [0.5, 0.6) is 0 Å². The minimum atomic E-state index is -0.456. The van der Waals surface area contributed by atoms with Gasteiger partial charge in [-0.25, -0.2) is 0 Å². The third kappa shape index (κ3) is 5.15. The van der Waals surface area contributed by atoms with E-state index in [4.69, 9.17) is 9.47 Å². The summed E-state index contributed by atoms with van der Waals surface area (Å²) in [5.74, 6) is -0.912. The van der Waals surface area contributed by atoms with Gasteiger partial charge in [0, 0.05) is 0 Å². The number of methoxy groups -OCH3 is 2. The van der Waals surface area contributed by atoms with Gasteiger partial charge in [-0.2, -0.15) is 0 Å². The summed E-state index contributed by atoms with van der Waals surface area (Å²) in [6.45, 7) is 12.9. The first-order valence-corrected chi connectivity index (χ1v) is 15.4. The fraction of sp³-hybridized carbons (Fsp3) is 0.429. The van der Waals surface area contributed by atoms with Crippen LogP contribution in [0, 0.1) is 0 Å². The Morgan fingerprint density at radius 1 is 0.684 bits per heavy atom. The molecule has 0 N–H and O–H groups in total. The maximum atomic E-state index is 13.4. The second-order valence-corrected chi connectivity index (χ2v) is 15.6. The number of hydrogen-bond acceptors (Lipinski definition) is 6. The molecule has 0 spiro atoms.